The Kier molecular flexibility index (Phi) is 4.62. The Labute approximate surface area is 106 Å². The molecule has 0 aliphatic heterocycles. The van der Waals surface area contributed by atoms with Crippen molar-refractivity contribution in [2.75, 3.05) is 0 Å². The summed E-state index contributed by atoms with van der Waals surface area (Å²) in [5, 5.41) is 9.37. The van der Waals surface area contributed by atoms with Gasteiger partial charge in [-0.15, -0.1) is 0 Å². The Morgan fingerprint density at radius 1 is 1.12 bits per heavy atom. The average Bonchev–Trinajstić information content (AvgIpc) is 2.25. The molecule has 0 bridgehead atoms. The van der Waals surface area contributed by atoms with Crippen molar-refractivity contribution < 1.29 is 5.11 Å². The summed E-state index contributed by atoms with van der Waals surface area (Å²) in [7, 11) is 0. The van der Waals surface area contributed by atoms with Crippen molar-refractivity contribution in [3.8, 4) is 5.75 Å². The van der Waals surface area contributed by atoms with Crippen LogP contribution in [0.15, 0.2) is 24.3 Å². The molecule has 1 aromatic rings. The van der Waals surface area contributed by atoms with E-state index in [2.05, 4.69) is 46.8 Å². The van der Waals surface area contributed by atoms with Crippen LogP contribution in [0.4, 0.5) is 0 Å². The minimum absolute atomic E-state index is 0.264. The molecule has 0 aromatic heterocycles. The lowest BCUT2D eigenvalue weighted by atomic mass is 9.72. The molecular formula is C16H26O. The van der Waals surface area contributed by atoms with Gasteiger partial charge in [0.2, 0.25) is 0 Å². The first kappa shape index (κ1) is 14.1. The molecule has 1 heteroatoms. The molecule has 1 nitrogen and oxygen atoms in total. The van der Waals surface area contributed by atoms with Gasteiger partial charge in [0.05, 0.1) is 0 Å². The molecule has 96 valence electrons. The first-order valence-corrected chi connectivity index (χ1v) is 6.63. The lowest BCUT2D eigenvalue weighted by Gasteiger charge is -2.33. The van der Waals surface area contributed by atoms with Gasteiger partial charge in [-0.2, -0.15) is 0 Å². The van der Waals surface area contributed by atoms with Crippen LogP contribution in [0.25, 0.3) is 0 Å². The van der Waals surface area contributed by atoms with Crippen molar-refractivity contribution in [2.24, 2.45) is 11.3 Å². The van der Waals surface area contributed by atoms with E-state index in [4.69, 9.17) is 0 Å². The molecule has 0 aliphatic rings. The third kappa shape index (κ3) is 4.07. The maximum absolute atomic E-state index is 9.37. The lowest BCUT2D eigenvalue weighted by Crippen LogP contribution is -2.20. The summed E-state index contributed by atoms with van der Waals surface area (Å²) in [4.78, 5) is 0. The second-order valence-electron chi connectivity index (χ2n) is 6.26. The first-order chi connectivity index (χ1) is 7.84. The molecule has 0 radical (unpaired) electrons. The Balaban J connectivity index is 2.94. The highest BCUT2D eigenvalue weighted by Gasteiger charge is 2.27. The van der Waals surface area contributed by atoms with Crippen LogP contribution >= 0.6 is 0 Å². The minimum Gasteiger partial charge on any atom is -0.508 e. The van der Waals surface area contributed by atoms with Crippen LogP contribution in [0.2, 0.25) is 0 Å². The highest BCUT2D eigenvalue weighted by atomic mass is 16.3. The molecule has 0 heterocycles. The van der Waals surface area contributed by atoms with E-state index in [1.54, 1.807) is 12.1 Å². The Morgan fingerprint density at radius 2 is 1.65 bits per heavy atom. The average molecular weight is 234 g/mol. The smallest absolute Gasteiger partial charge is 0.115 e. The van der Waals surface area contributed by atoms with Crippen LogP contribution in [0.3, 0.4) is 0 Å². The summed E-state index contributed by atoms with van der Waals surface area (Å²) in [5.74, 6) is 1.65. The van der Waals surface area contributed by atoms with Gasteiger partial charge in [-0.25, -0.2) is 0 Å². The van der Waals surface area contributed by atoms with Crippen LogP contribution in [0.1, 0.15) is 58.9 Å². The Bertz CT molecular complexity index is 332. The van der Waals surface area contributed by atoms with E-state index in [0.29, 0.717) is 11.7 Å². The number of benzene rings is 1. The van der Waals surface area contributed by atoms with Crippen molar-refractivity contribution in [1.29, 1.82) is 0 Å². The van der Waals surface area contributed by atoms with Crippen molar-refractivity contribution in [1.82, 2.24) is 0 Å². The zero-order valence-corrected chi connectivity index (χ0v) is 11.8. The van der Waals surface area contributed by atoms with Gasteiger partial charge >= 0.3 is 0 Å². The van der Waals surface area contributed by atoms with Gasteiger partial charge in [0.15, 0.2) is 0 Å². The van der Waals surface area contributed by atoms with E-state index < -0.39 is 0 Å². The van der Waals surface area contributed by atoms with Crippen LogP contribution < -0.4 is 0 Å². The van der Waals surface area contributed by atoms with Gasteiger partial charge in [0, 0.05) is 0 Å². The quantitative estimate of drug-likeness (QED) is 0.780. The number of hydrogen-bond acceptors (Lipinski definition) is 1. The molecule has 0 saturated carbocycles. The second kappa shape index (κ2) is 5.57. The normalized spacial score (nSPS) is 15.6. The third-order valence-corrected chi connectivity index (χ3v) is 3.68. The standard InChI is InChI=1S/C16H26O/c1-6-12(2)11-15(16(3,4)5)13-7-9-14(17)10-8-13/h7-10,12,15,17H,6,11H2,1-5H3. The maximum atomic E-state index is 9.37. The zero-order chi connectivity index (χ0) is 13.1. The van der Waals surface area contributed by atoms with E-state index in [1.165, 1.54) is 18.4 Å². The monoisotopic (exact) mass is 234 g/mol. The number of hydrogen-bond donors (Lipinski definition) is 1. The molecule has 2 atom stereocenters. The summed E-state index contributed by atoms with van der Waals surface area (Å²) in [6.07, 6.45) is 2.44. The van der Waals surface area contributed by atoms with Gasteiger partial charge in [-0.3, -0.25) is 0 Å². The van der Waals surface area contributed by atoms with Crippen molar-refractivity contribution in [3.63, 3.8) is 0 Å². The molecule has 0 amide bonds. The number of rotatable bonds is 4. The molecule has 0 aliphatic carbocycles. The molecular weight excluding hydrogens is 208 g/mol. The SMILES string of the molecule is CCC(C)CC(c1ccc(O)cc1)C(C)(C)C. The van der Waals surface area contributed by atoms with Crippen molar-refractivity contribution >= 4 is 0 Å². The fraction of sp³-hybridized carbons (Fsp3) is 0.625. The van der Waals surface area contributed by atoms with Crippen molar-refractivity contribution in [2.45, 2.75) is 53.4 Å². The van der Waals surface area contributed by atoms with E-state index in [9.17, 15) is 5.11 Å². The molecule has 1 rings (SSSR count). The van der Waals surface area contributed by atoms with E-state index in [1.807, 2.05) is 0 Å². The predicted molar refractivity (Wildman–Crippen MR) is 74.4 cm³/mol. The minimum atomic E-state index is 0.264. The summed E-state index contributed by atoms with van der Waals surface area (Å²) in [6.45, 7) is 11.5. The fourth-order valence-corrected chi connectivity index (χ4v) is 2.27. The number of phenolic OH excluding ortho intramolecular Hbond substituents is 1. The summed E-state index contributed by atoms with van der Waals surface area (Å²) in [6, 6.07) is 7.72. The predicted octanol–water partition coefficient (Wildman–Crippen LogP) is 4.96. The fourth-order valence-electron chi connectivity index (χ4n) is 2.27. The van der Waals surface area contributed by atoms with Gasteiger partial charge in [0.25, 0.3) is 0 Å². The summed E-state index contributed by atoms with van der Waals surface area (Å²) < 4.78 is 0. The molecule has 17 heavy (non-hydrogen) atoms. The molecule has 1 aromatic carbocycles. The third-order valence-electron chi connectivity index (χ3n) is 3.68. The summed E-state index contributed by atoms with van der Waals surface area (Å²) >= 11 is 0. The number of aromatic hydroxyl groups is 1. The maximum Gasteiger partial charge on any atom is 0.115 e. The van der Waals surface area contributed by atoms with Crippen LogP contribution in [-0.4, -0.2) is 5.11 Å². The van der Waals surface area contributed by atoms with Gasteiger partial charge in [-0.05, 0) is 41.4 Å². The molecule has 0 spiro atoms. The first-order valence-electron chi connectivity index (χ1n) is 6.63. The van der Waals surface area contributed by atoms with Gasteiger partial charge < -0.3 is 5.11 Å². The zero-order valence-electron chi connectivity index (χ0n) is 11.8. The molecule has 2 unspecified atom stereocenters. The topological polar surface area (TPSA) is 20.2 Å². The second-order valence-corrected chi connectivity index (χ2v) is 6.26. The van der Waals surface area contributed by atoms with Gasteiger partial charge in [0.1, 0.15) is 5.75 Å². The lowest BCUT2D eigenvalue weighted by molar-refractivity contribution is 0.271. The van der Waals surface area contributed by atoms with E-state index in [-0.39, 0.29) is 5.41 Å². The van der Waals surface area contributed by atoms with Crippen LogP contribution in [0.5, 0.6) is 5.75 Å². The molecule has 0 fully saturated rings. The largest absolute Gasteiger partial charge is 0.508 e. The Morgan fingerprint density at radius 3 is 2.06 bits per heavy atom. The molecule has 0 saturated heterocycles. The Hall–Kier alpha value is -0.980. The molecule has 1 N–H and O–H groups in total. The summed E-state index contributed by atoms with van der Waals surface area (Å²) in [5.41, 5.74) is 1.61. The highest BCUT2D eigenvalue weighted by molar-refractivity contribution is 5.29. The van der Waals surface area contributed by atoms with E-state index in [0.717, 1.165) is 5.92 Å². The number of phenols is 1. The highest BCUT2D eigenvalue weighted by Crippen LogP contribution is 2.40. The van der Waals surface area contributed by atoms with Crippen LogP contribution in [0, 0.1) is 11.3 Å². The van der Waals surface area contributed by atoms with Crippen LogP contribution in [-0.2, 0) is 0 Å². The van der Waals surface area contributed by atoms with Gasteiger partial charge in [-0.1, -0.05) is 53.2 Å². The van der Waals surface area contributed by atoms with Crippen molar-refractivity contribution in [3.05, 3.63) is 29.8 Å². The van der Waals surface area contributed by atoms with E-state index >= 15 is 0 Å².